The van der Waals surface area contributed by atoms with Crippen molar-refractivity contribution >= 4 is 27.6 Å². The molecule has 8 nitrogen and oxygen atoms in total. The molecule has 1 aromatic heterocycles. The monoisotopic (exact) mass is 487 g/mol. The summed E-state index contributed by atoms with van der Waals surface area (Å²) in [6, 6.07) is 11.9. The zero-order valence-corrected chi connectivity index (χ0v) is 20.4. The van der Waals surface area contributed by atoms with E-state index in [1.807, 2.05) is 0 Å². The second-order valence-electron chi connectivity index (χ2n) is 7.99. The molecule has 2 aromatic carbocycles. The topological polar surface area (TPSA) is 97.7 Å². The first kappa shape index (κ1) is 25.1. The van der Waals surface area contributed by atoms with Crippen molar-refractivity contribution in [1.29, 1.82) is 0 Å². The summed E-state index contributed by atoms with van der Waals surface area (Å²) in [5.74, 6) is -1.66. The first-order chi connectivity index (χ1) is 15.9. The molecule has 10 heteroatoms. The third-order valence-corrected chi connectivity index (χ3v) is 7.14. The van der Waals surface area contributed by atoms with Crippen LogP contribution in [0.15, 0.2) is 53.4 Å². The van der Waals surface area contributed by atoms with Crippen LogP contribution < -0.4 is 5.32 Å². The van der Waals surface area contributed by atoms with Crippen LogP contribution in [0, 0.1) is 26.6 Å². The molecule has 1 amide bonds. The smallest absolute Gasteiger partial charge is 0.340 e. The Hall–Kier alpha value is -3.50. The van der Waals surface area contributed by atoms with E-state index in [2.05, 4.69) is 5.32 Å². The van der Waals surface area contributed by atoms with Gasteiger partial charge in [0.2, 0.25) is 10.0 Å². The van der Waals surface area contributed by atoms with E-state index in [0.717, 1.165) is 10.00 Å². The molecule has 180 valence electrons. The molecule has 0 aliphatic rings. The number of ether oxygens (including phenoxy) is 1. The van der Waals surface area contributed by atoms with Gasteiger partial charge in [0.05, 0.1) is 10.5 Å². The third kappa shape index (κ3) is 5.18. The number of aromatic nitrogens is 1. The number of halogens is 1. The fourth-order valence-corrected chi connectivity index (χ4v) is 4.39. The second-order valence-corrected chi connectivity index (χ2v) is 10.1. The van der Waals surface area contributed by atoms with Gasteiger partial charge in [-0.15, -0.1) is 0 Å². The fourth-order valence-electron chi connectivity index (χ4n) is 3.46. The van der Waals surface area contributed by atoms with Crippen molar-refractivity contribution in [2.75, 3.05) is 26.0 Å². The number of nitrogens with one attached hydrogen (secondary N) is 1. The molecule has 3 rings (SSSR count). The van der Waals surface area contributed by atoms with E-state index in [0.29, 0.717) is 22.6 Å². The number of hydrogen-bond donors (Lipinski definition) is 1. The van der Waals surface area contributed by atoms with Crippen LogP contribution in [0.2, 0.25) is 0 Å². The minimum Gasteiger partial charge on any atom is -0.452 e. The van der Waals surface area contributed by atoms with Crippen LogP contribution in [0.25, 0.3) is 5.69 Å². The van der Waals surface area contributed by atoms with Gasteiger partial charge in [-0.2, -0.15) is 0 Å². The largest absolute Gasteiger partial charge is 0.452 e. The first-order valence-corrected chi connectivity index (χ1v) is 11.8. The summed E-state index contributed by atoms with van der Waals surface area (Å²) in [5.41, 5.74) is 3.27. The highest BCUT2D eigenvalue weighted by Crippen LogP contribution is 2.23. The van der Waals surface area contributed by atoms with E-state index in [1.165, 1.54) is 38.4 Å². The summed E-state index contributed by atoms with van der Waals surface area (Å²) < 4.78 is 46.0. The van der Waals surface area contributed by atoms with Gasteiger partial charge in [-0.1, -0.05) is 6.07 Å². The summed E-state index contributed by atoms with van der Waals surface area (Å²) in [4.78, 5) is 25.1. The standard InChI is InChI=1S/C24H26FN3O5S/c1-15-6-11-20(34(31,32)27(4)5)13-22(15)26-23(29)14-33-24(30)21-12-16(2)28(17(21)3)19-9-7-18(25)8-10-19/h6-13H,14H2,1-5H3,(H,26,29). The molecule has 0 atom stereocenters. The number of esters is 1. The summed E-state index contributed by atoms with van der Waals surface area (Å²) in [6.07, 6.45) is 0. The maximum Gasteiger partial charge on any atom is 0.340 e. The van der Waals surface area contributed by atoms with Crippen molar-refractivity contribution in [2.45, 2.75) is 25.7 Å². The minimum atomic E-state index is -3.67. The van der Waals surface area contributed by atoms with Crippen LogP contribution in [-0.2, 0) is 19.6 Å². The number of benzene rings is 2. The zero-order valence-electron chi connectivity index (χ0n) is 19.5. The molecular formula is C24H26FN3O5S. The molecule has 34 heavy (non-hydrogen) atoms. The lowest BCUT2D eigenvalue weighted by Crippen LogP contribution is -2.24. The second kappa shape index (κ2) is 9.78. The average Bonchev–Trinajstić information content (AvgIpc) is 3.08. The van der Waals surface area contributed by atoms with Crippen molar-refractivity contribution in [1.82, 2.24) is 8.87 Å². The summed E-state index contributed by atoms with van der Waals surface area (Å²) in [6.45, 7) is 4.70. The Morgan fingerprint density at radius 1 is 1.03 bits per heavy atom. The highest BCUT2D eigenvalue weighted by molar-refractivity contribution is 7.89. The van der Waals surface area contributed by atoms with Crippen LogP contribution >= 0.6 is 0 Å². The molecular weight excluding hydrogens is 461 g/mol. The quantitative estimate of drug-likeness (QED) is 0.514. The van der Waals surface area contributed by atoms with Crippen molar-refractivity contribution in [3.8, 4) is 5.69 Å². The molecule has 1 heterocycles. The van der Waals surface area contributed by atoms with Crippen molar-refractivity contribution in [2.24, 2.45) is 0 Å². The summed E-state index contributed by atoms with van der Waals surface area (Å²) in [5, 5.41) is 2.59. The Morgan fingerprint density at radius 2 is 1.68 bits per heavy atom. The maximum absolute atomic E-state index is 13.3. The molecule has 0 unspecified atom stereocenters. The van der Waals surface area contributed by atoms with E-state index in [-0.39, 0.29) is 16.3 Å². The lowest BCUT2D eigenvalue weighted by molar-refractivity contribution is -0.119. The number of carbonyl (C=O) groups excluding carboxylic acids is 2. The molecule has 1 N–H and O–H groups in total. The molecule has 0 aliphatic carbocycles. The van der Waals surface area contributed by atoms with Gasteiger partial charge in [0.15, 0.2) is 6.61 Å². The Kier molecular flexibility index (Phi) is 7.23. The van der Waals surface area contributed by atoms with E-state index in [9.17, 15) is 22.4 Å². The highest BCUT2D eigenvalue weighted by Gasteiger charge is 2.21. The number of amides is 1. The predicted molar refractivity (Wildman–Crippen MR) is 126 cm³/mol. The van der Waals surface area contributed by atoms with Gasteiger partial charge in [-0.25, -0.2) is 21.9 Å². The van der Waals surface area contributed by atoms with Crippen LogP contribution in [0.3, 0.4) is 0 Å². The van der Waals surface area contributed by atoms with Crippen molar-refractivity contribution in [3.05, 3.63) is 76.9 Å². The van der Waals surface area contributed by atoms with Crippen LogP contribution in [-0.4, -0.2) is 49.9 Å². The molecule has 0 spiro atoms. The molecule has 0 radical (unpaired) electrons. The van der Waals surface area contributed by atoms with Crippen molar-refractivity contribution in [3.63, 3.8) is 0 Å². The summed E-state index contributed by atoms with van der Waals surface area (Å²) >= 11 is 0. The van der Waals surface area contributed by atoms with Gasteiger partial charge in [-0.3, -0.25) is 4.79 Å². The molecule has 0 saturated heterocycles. The van der Waals surface area contributed by atoms with E-state index in [4.69, 9.17) is 4.74 Å². The average molecular weight is 488 g/mol. The molecule has 0 bridgehead atoms. The van der Waals surface area contributed by atoms with E-state index >= 15 is 0 Å². The molecule has 0 saturated carbocycles. The van der Waals surface area contributed by atoms with Crippen LogP contribution in [0.5, 0.6) is 0 Å². The van der Waals surface area contributed by atoms with Gasteiger partial charge >= 0.3 is 5.97 Å². The minimum absolute atomic E-state index is 0.0311. The Morgan fingerprint density at radius 3 is 2.29 bits per heavy atom. The Labute approximate surface area is 198 Å². The van der Waals surface area contributed by atoms with Gasteiger partial charge in [0, 0.05) is 36.9 Å². The van der Waals surface area contributed by atoms with Gasteiger partial charge in [0.1, 0.15) is 5.82 Å². The van der Waals surface area contributed by atoms with Crippen molar-refractivity contribution < 1.29 is 27.1 Å². The third-order valence-electron chi connectivity index (χ3n) is 5.33. The molecule has 0 aliphatic heterocycles. The number of rotatable bonds is 7. The number of sulfonamides is 1. The van der Waals surface area contributed by atoms with Crippen LogP contribution in [0.4, 0.5) is 10.1 Å². The SMILES string of the molecule is Cc1ccc(S(=O)(=O)N(C)C)cc1NC(=O)COC(=O)c1cc(C)n(-c2ccc(F)cc2)c1C. The fraction of sp³-hybridized carbons (Fsp3) is 0.250. The Bertz CT molecular complexity index is 1350. The van der Waals surface area contributed by atoms with Gasteiger partial charge < -0.3 is 14.6 Å². The number of anilines is 1. The van der Waals surface area contributed by atoms with Gasteiger partial charge in [-0.05, 0) is 68.8 Å². The van der Waals surface area contributed by atoms with Crippen LogP contribution in [0.1, 0.15) is 27.3 Å². The van der Waals surface area contributed by atoms with E-state index in [1.54, 1.807) is 49.6 Å². The first-order valence-electron chi connectivity index (χ1n) is 10.4. The number of nitrogens with zero attached hydrogens (tertiary/aromatic N) is 2. The summed E-state index contributed by atoms with van der Waals surface area (Å²) in [7, 11) is -0.839. The number of carbonyl (C=O) groups is 2. The molecule has 3 aromatic rings. The Balaban J connectivity index is 1.71. The predicted octanol–water partition coefficient (Wildman–Crippen LogP) is 3.59. The van der Waals surface area contributed by atoms with Gasteiger partial charge in [0.25, 0.3) is 5.91 Å². The number of hydrogen-bond acceptors (Lipinski definition) is 5. The lowest BCUT2D eigenvalue weighted by Gasteiger charge is -2.14. The highest BCUT2D eigenvalue weighted by atomic mass is 32.2. The molecule has 0 fully saturated rings. The lowest BCUT2D eigenvalue weighted by atomic mass is 10.2. The normalized spacial score (nSPS) is 11.5. The zero-order chi connectivity index (χ0) is 25.2. The van der Waals surface area contributed by atoms with E-state index < -0.39 is 28.5 Å². The number of aryl methyl sites for hydroxylation is 2. The maximum atomic E-state index is 13.3.